The predicted octanol–water partition coefficient (Wildman–Crippen LogP) is 4.20. The van der Waals surface area contributed by atoms with E-state index in [4.69, 9.17) is 4.74 Å². The molecule has 24 heavy (non-hydrogen) atoms. The molecule has 1 aliphatic carbocycles. The summed E-state index contributed by atoms with van der Waals surface area (Å²) >= 11 is 0. The third kappa shape index (κ3) is 4.13. The molecule has 1 aromatic carbocycles. The van der Waals surface area contributed by atoms with E-state index in [9.17, 15) is 0 Å². The third-order valence-corrected chi connectivity index (χ3v) is 5.55. The molecule has 0 saturated carbocycles. The first-order valence-corrected chi connectivity index (χ1v) is 9.67. The van der Waals surface area contributed by atoms with Gasteiger partial charge in [-0.15, -0.1) is 0 Å². The highest BCUT2D eigenvalue weighted by Gasteiger charge is 2.25. The third-order valence-electron chi connectivity index (χ3n) is 5.55. The van der Waals surface area contributed by atoms with Gasteiger partial charge in [-0.3, -0.25) is 4.90 Å². The Labute approximate surface area is 147 Å². The Morgan fingerprint density at radius 2 is 1.92 bits per heavy atom. The standard InChI is InChI=1S/C21H32N2O/c1-3-18(19-9-5-6-10-19)17-22-13-15-23(16-14-22)20-11-7-8-12-21(20)24-4-2/h5,7-9,11-12,18-19H,3-4,6,10,13-17H2,1-2H3. The Kier molecular flexibility index (Phi) is 6.19. The number of benzene rings is 1. The highest BCUT2D eigenvalue weighted by atomic mass is 16.5. The molecule has 1 heterocycles. The average molecular weight is 329 g/mol. The summed E-state index contributed by atoms with van der Waals surface area (Å²) in [6, 6.07) is 8.46. The fraction of sp³-hybridized carbons (Fsp3) is 0.619. The lowest BCUT2D eigenvalue weighted by atomic mass is 9.89. The van der Waals surface area contributed by atoms with Crippen LogP contribution in [0.15, 0.2) is 36.4 Å². The minimum atomic E-state index is 0.726. The van der Waals surface area contributed by atoms with Crippen molar-refractivity contribution in [2.45, 2.75) is 33.1 Å². The topological polar surface area (TPSA) is 15.7 Å². The number of ether oxygens (including phenoxy) is 1. The molecule has 3 nitrogen and oxygen atoms in total. The first-order chi connectivity index (χ1) is 11.8. The Bertz CT molecular complexity index is 534. The van der Waals surface area contributed by atoms with Gasteiger partial charge in [0.2, 0.25) is 0 Å². The molecule has 1 aromatic rings. The van der Waals surface area contributed by atoms with Gasteiger partial charge in [0.1, 0.15) is 5.75 Å². The summed E-state index contributed by atoms with van der Waals surface area (Å²) in [6.07, 6.45) is 8.77. The fourth-order valence-corrected chi connectivity index (χ4v) is 4.11. The quantitative estimate of drug-likeness (QED) is 0.698. The smallest absolute Gasteiger partial charge is 0.142 e. The second-order valence-electron chi connectivity index (χ2n) is 7.03. The maximum absolute atomic E-state index is 5.80. The normalized spacial score (nSPS) is 22.8. The summed E-state index contributed by atoms with van der Waals surface area (Å²) in [5.41, 5.74) is 1.25. The summed E-state index contributed by atoms with van der Waals surface area (Å²) in [5, 5.41) is 0. The van der Waals surface area contributed by atoms with Crippen LogP contribution in [0.25, 0.3) is 0 Å². The number of para-hydroxylation sites is 2. The zero-order valence-corrected chi connectivity index (χ0v) is 15.3. The summed E-state index contributed by atoms with van der Waals surface area (Å²) in [7, 11) is 0. The van der Waals surface area contributed by atoms with Crippen molar-refractivity contribution in [3.8, 4) is 5.75 Å². The van der Waals surface area contributed by atoms with Crippen molar-refractivity contribution >= 4 is 5.69 Å². The molecule has 1 aliphatic heterocycles. The van der Waals surface area contributed by atoms with Crippen molar-refractivity contribution in [2.75, 3.05) is 44.2 Å². The van der Waals surface area contributed by atoms with E-state index in [0.29, 0.717) is 0 Å². The molecule has 3 heteroatoms. The van der Waals surface area contributed by atoms with Crippen LogP contribution in [0.5, 0.6) is 5.75 Å². The summed E-state index contributed by atoms with van der Waals surface area (Å²) in [6.45, 7) is 10.9. The van der Waals surface area contributed by atoms with Crippen molar-refractivity contribution in [1.82, 2.24) is 4.90 Å². The Morgan fingerprint density at radius 3 is 2.58 bits per heavy atom. The van der Waals surface area contributed by atoms with Gasteiger partial charge in [-0.05, 0) is 43.7 Å². The molecule has 132 valence electrons. The van der Waals surface area contributed by atoms with Crippen molar-refractivity contribution in [1.29, 1.82) is 0 Å². The van der Waals surface area contributed by atoms with Crippen LogP contribution in [0.4, 0.5) is 5.69 Å². The monoisotopic (exact) mass is 328 g/mol. The second kappa shape index (κ2) is 8.57. The van der Waals surface area contributed by atoms with Gasteiger partial charge in [0.15, 0.2) is 0 Å². The number of hydrogen-bond acceptors (Lipinski definition) is 3. The van der Waals surface area contributed by atoms with Gasteiger partial charge < -0.3 is 9.64 Å². The van der Waals surface area contributed by atoms with Gasteiger partial charge in [0, 0.05) is 32.7 Å². The van der Waals surface area contributed by atoms with Gasteiger partial charge in [-0.2, -0.15) is 0 Å². The number of nitrogens with zero attached hydrogens (tertiary/aromatic N) is 2. The lowest BCUT2D eigenvalue weighted by Gasteiger charge is -2.38. The summed E-state index contributed by atoms with van der Waals surface area (Å²) in [5.74, 6) is 2.66. The molecule has 2 unspecified atom stereocenters. The number of piperazine rings is 1. The molecule has 0 bridgehead atoms. The zero-order valence-electron chi connectivity index (χ0n) is 15.3. The van der Waals surface area contributed by atoms with Gasteiger partial charge in [0.25, 0.3) is 0 Å². The highest BCUT2D eigenvalue weighted by molar-refractivity contribution is 5.58. The predicted molar refractivity (Wildman–Crippen MR) is 102 cm³/mol. The molecule has 3 rings (SSSR count). The van der Waals surface area contributed by atoms with E-state index < -0.39 is 0 Å². The molecular weight excluding hydrogens is 296 g/mol. The summed E-state index contributed by atoms with van der Waals surface area (Å²) < 4.78 is 5.80. The number of anilines is 1. The van der Waals surface area contributed by atoms with E-state index in [0.717, 1.165) is 50.4 Å². The largest absolute Gasteiger partial charge is 0.492 e. The van der Waals surface area contributed by atoms with Crippen LogP contribution in [0, 0.1) is 11.8 Å². The molecule has 2 atom stereocenters. The lowest BCUT2D eigenvalue weighted by Crippen LogP contribution is -2.48. The molecule has 0 N–H and O–H groups in total. The molecule has 0 aromatic heterocycles. The van der Waals surface area contributed by atoms with E-state index in [1.165, 1.54) is 31.5 Å². The number of allylic oxidation sites excluding steroid dienone is 2. The Hall–Kier alpha value is -1.48. The summed E-state index contributed by atoms with van der Waals surface area (Å²) in [4.78, 5) is 5.15. The Balaban J connectivity index is 1.55. The van der Waals surface area contributed by atoms with Crippen LogP contribution in [-0.2, 0) is 0 Å². The first-order valence-electron chi connectivity index (χ1n) is 9.67. The van der Waals surface area contributed by atoms with Crippen molar-refractivity contribution < 1.29 is 4.74 Å². The molecule has 2 aliphatic rings. The lowest BCUT2D eigenvalue weighted by molar-refractivity contribution is 0.190. The highest BCUT2D eigenvalue weighted by Crippen LogP contribution is 2.31. The van der Waals surface area contributed by atoms with E-state index in [1.54, 1.807) is 0 Å². The maximum Gasteiger partial charge on any atom is 0.142 e. The van der Waals surface area contributed by atoms with E-state index >= 15 is 0 Å². The van der Waals surface area contributed by atoms with Crippen LogP contribution in [0.2, 0.25) is 0 Å². The van der Waals surface area contributed by atoms with Gasteiger partial charge in [-0.25, -0.2) is 0 Å². The molecule has 0 radical (unpaired) electrons. The number of hydrogen-bond donors (Lipinski definition) is 0. The molecule has 0 amide bonds. The van der Waals surface area contributed by atoms with Crippen molar-refractivity contribution in [3.05, 3.63) is 36.4 Å². The molecular formula is C21H32N2O. The Morgan fingerprint density at radius 1 is 1.12 bits per heavy atom. The van der Waals surface area contributed by atoms with Crippen molar-refractivity contribution in [3.63, 3.8) is 0 Å². The average Bonchev–Trinajstić information content (AvgIpc) is 3.15. The van der Waals surface area contributed by atoms with Crippen LogP contribution >= 0.6 is 0 Å². The minimum Gasteiger partial charge on any atom is -0.492 e. The van der Waals surface area contributed by atoms with E-state index in [-0.39, 0.29) is 0 Å². The number of rotatable bonds is 7. The molecule has 0 spiro atoms. The van der Waals surface area contributed by atoms with Gasteiger partial charge in [-0.1, -0.05) is 37.6 Å². The van der Waals surface area contributed by atoms with Crippen molar-refractivity contribution in [2.24, 2.45) is 11.8 Å². The van der Waals surface area contributed by atoms with Gasteiger partial charge >= 0.3 is 0 Å². The van der Waals surface area contributed by atoms with Crippen LogP contribution < -0.4 is 9.64 Å². The minimum absolute atomic E-state index is 0.726. The SMILES string of the molecule is CCOc1ccccc1N1CCN(CC(CC)C2C=CCC2)CC1. The van der Waals surface area contributed by atoms with Gasteiger partial charge in [0.05, 0.1) is 12.3 Å². The molecule has 1 saturated heterocycles. The van der Waals surface area contributed by atoms with Crippen LogP contribution in [-0.4, -0.2) is 44.2 Å². The van der Waals surface area contributed by atoms with Crippen LogP contribution in [0.1, 0.15) is 33.1 Å². The first kappa shape index (κ1) is 17.3. The van der Waals surface area contributed by atoms with E-state index in [2.05, 4.69) is 60.1 Å². The molecule has 1 fully saturated rings. The van der Waals surface area contributed by atoms with E-state index in [1.807, 2.05) is 0 Å². The second-order valence-corrected chi connectivity index (χ2v) is 7.03. The maximum atomic E-state index is 5.80. The van der Waals surface area contributed by atoms with Crippen LogP contribution in [0.3, 0.4) is 0 Å². The zero-order chi connectivity index (χ0) is 16.8. The fourth-order valence-electron chi connectivity index (χ4n) is 4.11.